The first-order valence-corrected chi connectivity index (χ1v) is 21.8. The standard InChI is InChI=1S/C46H24N2O6P2/c49-55-41-28-15-7-19-32(41)51-36-23-25-24-37-46-40(38(25)39(45(36)55)53-34-21-9-17-30(43(34)55)47(28)26-11-3-1-4-12-26)54-35-22-10-18-31-44(35)56(46,50)42-29(16-8-20-33(42)52-37)48(31)27-13-5-2-6-14-27/h1-24H. The van der Waals surface area contributed by atoms with Crippen molar-refractivity contribution in [3.05, 3.63) is 146 Å². The van der Waals surface area contributed by atoms with Gasteiger partial charge < -0.3 is 37.9 Å². The summed E-state index contributed by atoms with van der Waals surface area (Å²) in [6.07, 6.45) is 0. The maximum absolute atomic E-state index is 16.5. The second-order valence-electron chi connectivity index (χ2n) is 14.7. The Hall–Kier alpha value is -6.72. The minimum absolute atomic E-state index is 0.380. The molecule has 0 amide bonds. The molecule has 10 heteroatoms. The van der Waals surface area contributed by atoms with Crippen LogP contribution in [0, 0.1) is 0 Å². The molecule has 2 atom stereocenters. The van der Waals surface area contributed by atoms with Gasteiger partial charge in [-0.1, -0.05) is 60.7 Å². The van der Waals surface area contributed by atoms with Gasteiger partial charge in [0.15, 0.2) is 25.8 Å². The number of para-hydroxylation sites is 2. The van der Waals surface area contributed by atoms with Gasteiger partial charge in [0.05, 0.1) is 49.4 Å². The Bertz CT molecular complexity index is 3030. The molecule has 0 saturated heterocycles. The molecule has 8 aromatic rings. The maximum atomic E-state index is 16.5. The SMILES string of the molecule is O=P12c3c4cccc3N(c3ccccc3)c3cccc(c31)Oc1c2c(cc2cc3c5c(c12)Oc1cccc2c1P5(=O)c1c(cccc1N2c1ccccc1)O3)O4. The van der Waals surface area contributed by atoms with Gasteiger partial charge in [0.2, 0.25) is 0 Å². The minimum Gasteiger partial charge on any atom is -0.455 e. The molecule has 0 aliphatic carbocycles. The summed E-state index contributed by atoms with van der Waals surface area (Å²) in [7, 11) is -7.27. The zero-order valence-electron chi connectivity index (χ0n) is 29.1. The smallest absolute Gasteiger partial charge is 0.189 e. The second kappa shape index (κ2) is 9.74. The highest BCUT2D eigenvalue weighted by Gasteiger charge is 2.57. The number of nitrogens with zero attached hydrogens (tertiary/aromatic N) is 2. The van der Waals surface area contributed by atoms with Crippen LogP contribution in [0.3, 0.4) is 0 Å². The molecule has 0 N–H and O–H groups in total. The third-order valence-corrected chi connectivity index (χ3v) is 18.3. The van der Waals surface area contributed by atoms with Crippen molar-refractivity contribution in [2.75, 3.05) is 9.80 Å². The summed E-state index contributed by atoms with van der Waals surface area (Å²) >= 11 is 0. The van der Waals surface area contributed by atoms with Crippen molar-refractivity contribution in [3.8, 4) is 46.0 Å². The van der Waals surface area contributed by atoms with Gasteiger partial charge in [0, 0.05) is 11.4 Å². The largest absolute Gasteiger partial charge is 0.455 e. The highest BCUT2D eigenvalue weighted by atomic mass is 31.2. The fourth-order valence-electron chi connectivity index (χ4n) is 9.84. The quantitative estimate of drug-likeness (QED) is 0.161. The topological polar surface area (TPSA) is 77.5 Å². The minimum atomic E-state index is -3.63. The van der Waals surface area contributed by atoms with Gasteiger partial charge in [-0.15, -0.1) is 0 Å². The summed E-state index contributed by atoms with van der Waals surface area (Å²) in [4.78, 5) is 4.27. The van der Waals surface area contributed by atoms with Gasteiger partial charge in [0.25, 0.3) is 0 Å². The van der Waals surface area contributed by atoms with Crippen LogP contribution in [0.2, 0.25) is 0 Å². The average molecular weight is 763 g/mol. The average Bonchev–Trinajstić information content (AvgIpc) is 3.21. The second-order valence-corrected chi connectivity index (χ2v) is 19.8. The Morgan fingerprint density at radius 3 is 1.09 bits per heavy atom. The number of hydrogen-bond acceptors (Lipinski definition) is 8. The van der Waals surface area contributed by atoms with Crippen LogP contribution < -0.4 is 60.6 Å². The molecule has 264 valence electrons. The van der Waals surface area contributed by atoms with Crippen LogP contribution in [-0.4, -0.2) is 0 Å². The first-order chi connectivity index (χ1) is 27.5. The number of anilines is 6. The van der Waals surface area contributed by atoms with Crippen LogP contribution >= 0.6 is 14.3 Å². The van der Waals surface area contributed by atoms with Crippen molar-refractivity contribution >= 4 is 91.0 Å². The molecule has 2 unspecified atom stereocenters. The van der Waals surface area contributed by atoms with Crippen molar-refractivity contribution in [1.82, 2.24) is 0 Å². The Balaban J connectivity index is 1.09. The Morgan fingerprint density at radius 2 is 0.714 bits per heavy atom. The number of benzene rings is 8. The molecule has 0 aromatic heterocycles. The summed E-state index contributed by atoms with van der Waals surface area (Å²) < 4.78 is 60.6. The first kappa shape index (κ1) is 29.6. The summed E-state index contributed by atoms with van der Waals surface area (Å²) in [5.41, 5.74) is 5.02. The summed E-state index contributed by atoms with van der Waals surface area (Å²) in [5, 5.41) is 4.74. The van der Waals surface area contributed by atoms with Crippen molar-refractivity contribution in [1.29, 1.82) is 0 Å². The Kier molecular flexibility index (Phi) is 5.15. The molecule has 0 fully saturated rings. The van der Waals surface area contributed by atoms with Gasteiger partial charge >= 0.3 is 0 Å². The number of fused-ring (bicyclic) bond motifs is 3. The van der Waals surface area contributed by atoms with Crippen LogP contribution in [0.1, 0.15) is 0 Å². The van der Waals surface area contributed by atoms with Crippen LogP contribution in [0.4, 0.5) is 34.1 Å². The van der Waals surface area contributed by atoms with Gasteiger partial charge in [-0.05, 0) is 90.3 Å². The predicted molar refractivity (Wildman–Crippen MR) is 220 cm³/mol. The van der Waals surface area contributed by atoms with E-state index in [0.717, 1.165) is 34.1 Å². The lowest BCUT2D eigenvalue weighted by Gasteiger charge is -2.45. The fraction of sp³-hybridized carbons (Fsp3) is 0. The number of ether oxygens (including phenoxy) is 4. The highest BCUT2D eigenvalue weighted by molar-refractivity contribution is 7.87. The van der Waals surface area contributed by atoms with Crippen LogP contribution in [0.15, 0.2) is 146 Å². The van der Waals surface area contributed by atoms with Gasteiger partial charge in [-0.2, -0.15) is 0 Å². The molecule has 0 bridgehead atoms. The number of hydrogen-bond donors (Lipinski definition) is 0. The third-order valence-electron chi connectivity index (χ3n) is 11.9. The molecule has 6 heterocycles. The Labute approximate surface area is 319 Å². The predicted octanol–water partition coefficient (Wildman–Crippen LogP) is 10.1. The van der Waals surface area contributed by atoms with E-state index in [9.17, 15) is 0 Å². The molecule has 8 aromatic carbocycles. The van der Waals surface area contributed by atoms with E-state index < -0.39 is 14.3 Å². The fourth-order valence-corrected chi connectivity index (χ4v) is 16.6. The molecule has 56 heavy (non-hydrogen) atoms. The molecule has 0 radical (unpaired) electrons. The van der Waals surface area contributed by atoms with Crippen LogP contribution in [-0.2, 0) is 9.13 Å². The van der Waals surface area contributed by atoms with E-state index in [1.807, 2.05) is 146 Å². The van der Waals surface area contributed by atoms with E-state index in [-0.39, 0.29) is 0 Å². The van der Waals surface area contributed by atoms with Gasteiger partial charge in [-0.3, -0.25) is 0 Å². The zero-order valence-corrected chi connectivity index (χ0v) is 30.9. The van der Waals surface area contributed by atoms with Crippen molar-refractivity contribution in [2.45, 2.75) is 0 Å². The van der Waals surface area contributed by atoms with Crippen LogP contribution in [0.5, 0.6) is 46.0 Å². The molecule has 6 aliphatic rings. The van der Waals surface area contributed by atoms with E-state index in [1.165, 1.54) is 0 Å². The van der Waals surface area contributed by atoms with Crippen molar-refractivity contribution in [3.63, 3.8) is 0 Å². The lowest BCUT2D eigenvalue weighted by atomic mass is 10.1. The van der Waals surface area contributed by atoms with E-state index in [2.05, 4.69) is 9.80 Å². The third kappa shape index (κ3) is 3.22. The van der Waals surface area contributed by atoms with E-state index in [1.54, 1.807) is 0 Å². The van der Waals surface area contributed by atoms with Crippen molar-refractivity contribution < 1.29 is 28.1 Å². The summed E-state index contributed by atoms with van der Waals surface area (Å²) in [6, 6.07) is 47.2. The Morgan fingerprint density at radius 1 is 0.357 bits per heavy atom. The molecule has 8 nitrogen and oxygen atoms in total. The summed E-state index contributed by atoms with van der Waals surface area (Å²) in [6.45, 7) is 0. The van der Waals surface area contributed by atoms with Crippen molar-refractivity contribution in [2.24, 2.45) is 0 Å². The van der Waals surface area contributed by atoms with E-state index >= 15 is 9.13 Å². The normalized spacial score (nSPS) is 19.9. The first-order valence-electron chi connectivity index (χ1n) is 18.4. The maximum Gasteiger partial charge on any atom is 0.189 e. The van der Waals surface area contributed by atoms with Gasteiger partial charge in [-0.25, -0.2) is 0 Å². The lowest BCUT2D eigenvalue weighted by molar-refractivity contribution is 0.455. The van der Waals surface area contributed by atoms with Crippen LogP contribution in [0.25, 0.3) is 10.8 Å². The molecule has 14 rings (SSSR count). The summed E-state index contributed by atoms with van der Waals surface area (Å²) in [5.74, 6) is 3.72. The molecule has 0 spiro atoms. The molecule has 0 saturated carbocycles. The van der Waals surface area contributed by atoms with E-state index in [4.69, 9.17) is 18.9 Å². The highest BCUT2D eigenvalue weighted by Crippen LogP contribution is 2.69. The zero-order chi connectivity index (χ0) is 36.7. The van der Waals surface area contributed by atoms with E-state index in [0.29, 0.717) is 88.6 Å². The monoisotopic (exact) mass is 762 g/mol. The molecular formula is C46H24N2O6P2. The lowest BCUT2D eigenvalue weighted by Crippen LogP contribution is -2.43. The molecule has 6 aliphatic heterocycles. The molecular weight excluding hydrogens is 738 g/mol. The number of rotatable bonds is 2. The van der Waals surface area contributed by atoms with Gasteiger partial charge in [0.1, 0.15) is 45.1 Å².